The van der Waals surface area contributed by atoms with Gasteiger partial charge >= 0.3 is 0 Å². The fourth-order valence-electron chi connectivity index (χ4n) is 2.84. The molecule has 3 nitrogen and oxygen atoms in total. The highest BCUT2D eigenvalue weighted by atomic mass is 35.5. The summed E-state index contributed by atoms with van der Waals surface area (Å²) in [6, 6.07) is 4.44. The van der Waals surface area contributed by atoms with Gasteiger partial charge in [-0.15, -0.1) is 0 Å². The summed E-state index contributed by atoms with van der Waals surface area (Å²) in [5.41, 5.74) is 5.14. The third-order valence-corrected chi connectivity index (χ3v) is 3.47. The van der Waals surface area contributed by atoms with Crippen LogP contribution in [0, 0.1) is 20.8 Å². The van der Waals surface area contributed by atoms with E-state index in [0.717, 1.165) is 13.0 Å². The minimum Gasteiger partial charge on any atom is -1.00 e. The van der Waals surface area contributed by atoms with Gasteiger partial charge in [-0.05, 0) is 43.4 Å². The van der Waals surface area contributed by atoms with Gasteiger partial charge in [-0.3, -0.25) is 0 Å². The molecule has 1 aliphatic heterocycles. The number of fused-ring (bicyclic) bond motifs is 1. The van der Waals surface area contributed by atoms with Gasteiger partial charge in [-0.2, -0.15) is 0 Å². The molecule has 96 valence electrons. The lowest BCUT2D eigenvalue weighted by molar-refractivity contribution is -0.658. The minimum absolute atomic E-state index is 0. The number of benzene rings is 1. The molecule has 0 bridgehead atoms. The highest BCUT2D eigenvalue weighted by molar-refractivity contribution is 5.42. The SMILES string of the molecule is Cc1cc(C)c(-[n+]2cn3c(n2)CCC3)c(C)c1.[Cl-]. The standard InChI is InChI=1S/C14H18N3.ClH/c1-10-7-11(2)14(12(3)8-10)17-9-16-6-4-5-13(16)15-17;/h7-9H,4-6H2,1-3H3;1H/q+1;/p-1. The highest BCUT2D eigenvalue weighted by Crippen LogP contribution is 2.17. The van der Waals surface area contributed by atoms with Crippen LogP contribution in [-0.2, 0) is 13.0 Å². The maximum atomic E-state index is 4.69. The van der Waals surface area contributed by atoms with Crippen LogP contribution in [0.25, 0.3) is 5.69 Å². The largest absolute Gasteiger partial charge is 1.00 e. The monoisotopic (exact) mass is 263 g/mol. The van der Waals surface area contributed by atoms with Crippen LogP contribution in [0.4, 0.5) is 0 Å². The third-order valence-electron chi connectivity index (χ3n) is 3.47. The summed E-state index contributed by atoms with van der Waals surface area (Å²) in [7, 11) is 0. The first-order valence-corrected chi connectivity index (χ1v) is 6.21. The number of aryl methyl sites for hydroxylation is 5. The smallest absolute Gasteiger partial charge is 0.271 e. The van der Waals surface area contributed by atoms with E-state index < -0.39 is 0 Å². The zero-order valence-corrected chi connectivity index (χ0v) is 11.8. The molecule has 0 atom stereocenters. The van der Waals surface area contributed by atoms with Crippen LogP contribution in [0.5, 0.6) is 0 Å². The van der Waals surface area contributed by atoms with Crippen LogP contribution in [0.2, 0.25) is 0 Å². The quantitative estimate of drug-likeness (QED) is 0.607. The second-order valence-corrected chi connectivity index (χ2v) is 5.02. The maximum Gasteiger partial charge on any atom is 0.271 e. The average molecular weight is 264 g/mol. The van der Waals surface area contributed by atoms with Gasteiger partial charge in [0.05, 0.1) is 6.54 Å². The molecule has 0 aliphatic carbocycles. The summed E-state index contributed by atoms with van der Waals surface area (Å²) in [4.78, 5) is 0. The Bertz CT molecular complexity index is 542. The van der Waals surface area contributed by atoms with E-state index in [9.17, 15) is 0 Å². The Hall–Kier alpha value is -1.35. The summed E-state index contributed by atoms with van der Waals surface area (Å²) in [5.74, 6) is 1.21. The molecule has 4 heteroatoms. The van der Waals surface area contributed by atoms with Crippen molar-refractivity contribution in [3.05, 3.63) is 41.0 Å². The first kappa shape index (κ1) is 13.1. The Kier molecular flexibility index (Phi) is 3.44. The van der Waals surface area contributed by atoms with Crippen molar-refractivity contribution < 1.29 is 17.1 Å². The zero-order chi connectivity index (χ0) is 12.0. The van der Waals surface area contributed by atoms with Gasteiger partial charge in [-0.1, -0.05) is 22.4 Å². The number of hydrogen-bond acceptors (Lipinski definition) is 1. The summed E-state index contributed by atoms with van der Waals surface area (Å²) in [5, 5.41) is 4.69. The van der Waals surface area contributed by atoms with Crippen molar-refractivity contribution in [1.29, 1.82) is 0 Å². The predicted octanol–water partition coefficient (Wildman–Crippen LogP) is -0.965. The molecule has 0 radical (unpaired) electrons. The molecule has 1 aromatic carbocycles. The van der Waals surface area contributed by atoms with Crippen LogP contribution in [0.15, 0.2) is 18.5 Å². The van der Waals surface area contributed by atoms with E-state index in [1.54, 1.807) is 0 Å². The van der Waals surface area contributed by atoms with E-state index in [4.69, 9.17) is 5.10 Å². The Morgan fingerprint density at radius 3 is 2.44 bits per heavy atom. The molecule has 0 unspecified atom stereocenters. The van der Waals surface area contributed by atoms with E-state index in [1.807, 2.05) is 4.68 Å². The first-order chi connectivity index (χ1) is 8.15. The summed E-state index contributed by atoms with van der Waals surface area (Å²) in [6.07, 6.45) is 4.47. The Morgan fingerprint density at radius 1 is 1.17 bits per heavy atom. The molecule has 0 saturated heterocycles. The number of rotatable bonds is 1. The van der Waals surface area contributed by atoms with E-state index in [2.05, 4.69) is 43.8 Å². The molecule has 1 aliphatic rings. The Morgan fingerprint density at radius 2 is 1.83 bits per heavy atom. The molecular formula is C14H18ClN3. The molecule has 0 saturated carbocycles. The normalized spacial score (nSPS) is 13.3. The second kappa shape index (κ2) is 4.73. The van der Waals surface area contributed by atoms with Crippen molar-refractivity contribution in [3.8, 4) is 5.69 Å². The van der Waals surface area contributed by atoms with Crippen LogP contribution in [0.1, 0.15) is 28.9 Å². The molecule has 0 N–H and O–H groups in total. The van der Waals surface area contributed by atoms with Gasteiger partial charge in [0.15, 0.2) is 5.69 Å². The molecular weight excluding hydrogens is 246 g/mol. The summed E-state index contributed by atoms with van der Waals surface area (Å²) >= 11 is 0. The third kappa shape index (κ3) is 2.03. The number of nitrogens with zero attached hydrogens (tertiary/aromatic N) is 3. The highest BCUT2D eigenvalue weighted by Gasteiger charge is 2.23. The summed E-state index contributed by atoms with van der Waals surface area (Å²) in [6.45, 7) is 7.57. The van der Waals surface area contributed by atoms with E-state index >= 15 is 0 Å². The molecule has 2 aromatic rings. The summed E-state index contributed by atoms with van der Waals surface area (Å²) < 4.78 is 4.30. The first-order valence-electron chi connectivity index (χ1n) is 6.21. The number of halogens is 1. The van der Waals surface area contributed by atoms with Crippen LogP contribution >= 0.6 is 0 Å². The van der Waals surface area contributed by atoms with Crippen LogP contribution < -0.4 is 17.1 Å². The van der Waals surface area contributed by atoms with Gasteiger partial charge in [-0.25, -0.2) is 4.57 Å². The lowest BCUT2D eigenvalue weighted by Gasteiger charge is -2.05. The molecule has 3 rings (SSSR count). The minimum atomic E-state index is 0. The number of aromatic nitrogens is 3. The van der Waals surface area contributed by atoms with E-state index in [0.29, 0.717) is 0 Å². The molecule has 1 aromatic heterocycles. The molecule has 0 spiro atoms. The van der Waals surface area contributed by atoms with Crippen molar-refractivity contribution in [3.63, 3.8) is 0 Å². The van der Waals surface area contributed by atoms with Gasteiger partial charge in [0, 0.05) is 6.42 Å². The van der Waals surface area contributed by atoms with Crippen molar-refractivity contribution in [2.45, 2.75) is 40.2 Å². The molecule has 0 amide bonds. The predicted molar refractivity (Wildman–Crippen MR) is 66.3 cm³/mol. The Balaban J connectivity index is 0.00000120. The van der Waals surface area contributed by atoms with Gasteiger partial charge in [0.1, 0.15) is 0 Å². The fraction of sp³-hybridized carbons (Fsp3) is 0.429. The van der Waals surface area contributed by atoms with Crippen molar-refractivity contribution in [1.82, 2.24) is 9.67 Å². The van der Waals surface area contributed by atoms with Crippen LogP contribution in [0.3, 0.4) is 0 Å². The van der Waals surface area contributed by atoms with E-state index in [1.165, 1.54) is 34.6 Å². The Labute approximate surface area is 114 Å². The molecule has 18 heavy (non-hydrogen) atoms. The second-order valence-electron chi connectivity index (χ2n) is 5.02. The van der Waals surface area contributed by atoms with Gasteiger partial charge < -0.3 is 12.4 Å². The topological polar surface area (TPSA) is 21.7 Å². The van der Waals surface area contributed by atoms with Gasteiger partial charge in [0.2, 0.25) is 5.82 Å². The molecule has 2 heterocycles. The lowest BCUT2D eigenvalue weighted by atomic mass is 10.1. The zero-order valence-electron chi connectivity index (χ0n) is 11.1. The van der Waals surface area contributed by atoms with Crippen molar-refractivity contribution >= 4 is 0 Å². The van der Waals surface area contributed by atoms with Gasteiger partial charge in [0.25, 0.3) is 6.33 Å². The van der Waals surface area contributed by atoms with Crippen molar-refractivity contribution in [2.75, 3.05) is 0 Å². The number of hydrogen-bond donors (Lipinski definition) is 0. The van der Waals surface area contributed by atoms with Crippen LogP contribution in [-0.4, -0.2) is 9.67 Å². The fourth-order valence-corrected chi connectivity index (χ4v) is 2.84. The van der Waals surface area contributed by atoms with Crippen molar-refractivity contribution in [2.24, 2.45) is 0 Å². The molecule has 0 fully saturated rings. The maximum absolute atomic E-state index is 4.69. The average Bonchev–Trinajstić information content (AvgIpc) is 2.75. The van der Waals surface area contributed by atoms with E-state index in [-0.39, 0.29) is 12.4 Å². The lowest BCUT2D eigenvalue weighted by Crippen LogP contribution is -3.00.